The largest absolute Gasteiger partial charge is 0.326 e. The van der Waals surface area contributed by atoms with E-state index in [0.29, 0.717) is 18.5 Å². The van der Waals surface area contributed by atoms with Gasteiger partial charge in [0.15, 0.2) is 0 Å². The van der Waals surface area contributed by atoms with Crippen molar-refractivity contribution in [2.75, 3.05) is 6.54 Å². The standard InChI is InChI=1S/C14H18FN3O2/c1-2-12-14(20)17-13(19)8-18(12)7-9-3-4-11(15)10(5-9)6-16/h3-5,12H,2,6-8,16H2,1H3,(H,17,19,20). The van der Waals surface area contributed by atoms with E-state index < -0.39 is 0 Å². The fourth-order valence-corrected chi connectivity index (χ4v) is 2.45. The number of carbonyl (C=O) groups is 2. The van der Waals surface area contributed by atoms with Crippen molar-refractivity contribution in [3.8, 4) is 0 Å². The van der Waals surface area contributed by atoms with Crippen LogP contribution in [0.5, 0.6) is 0 Å². The SMILES string of the molecule is CCC1C(=O)NC(=O)CN1Cc1ccc(F)c(CN)c1. The van der Waals surface area contributed by atoms with Crippen molar-refractivity contribution in [3.63, 3.8) is 0 Å². The number of nitrogens with zero attached hydrogens (tertiary/aromatic N) is 1. The van der Waals surface area contributed by atoms with Crippen LogP contribution in [0.4, 0.5) is 4.39 Å². The van der Waals surface area contributed by atoms with Gasteiger partial charge in [-0.05, 0) is 18.1 Å². The minimum absolute atomic E-state index is 0.121. The maximum Gasteiger partial charge on any atom is 0.243 e. The summed E-state index contributed by atoms with van der Waals surface area (Å²) in [6.07, 6.45) is 0.615. The van der Waals surface area contributed by atoms with Gasteiger partial charge in [0.1, 0.15) is 5.82 Å². The van der Waals surface area contributed by atoms with E-state index >= 15 is 0 Å². The molecule has 108 valence electrons. The fourth-order valence-electron chi connectivity index (χ4n) is 2.45. The van der Waals surface area contributed by atoms with E-state index in [1.54, 1.807) is 17.0 Å². The van der Waals surface area contributed by atoms with Crippen molar-refractivity contribution >= 4 is 11.8 Å². The molecule has 1 aromatic rings. The number of imide groups is 1. The lowest BCUT2D eigenvalue weighted by atomic mass is 10.1. The molecule has 0 spiro atoms. The lowest BCUT2D eigenvalue weighted by Crippen LogP contribution is -2.57. The molecule has 5 nitrogen and oxygen atoms in total. The minimum atomic E-state index is -0.337. The van der Waals surface area contributed by atoms with Crippen LogP contribution in [0.15, 0.2) is 18.2 Å². The zero-order chi connectivity index (χ0) is 14.7. The van der Waals surface area contributed by atoms with Gasteiger partial charge in [-0.2, -0.15) is 0 Å². The molecule has 1 saturated heterocycles. The molecule has 2 rings (SSSR count). The quantitative estimate of drug-likeness (QED) is 0.788. The minimum Gasteiger partial charge on any atom is -0.326 e. The molecular formula is C14H18FN3O2. The molecule has 6 heteroatoms. The summed E-state index contributed by atoms with van der Waals surface area (Å²) < 4.78 is 13.4. The van der Waals surface area contributed by atoms with E-state index in [2.05, 4.69) is 5.32 Å². The maximum atomic E-state index is 13.4. The highest BCUT2D eigenvalue weighted by molar-refractivity contribution is 6.01. The highest BCUT2D eigenvalue weighted by Crippen LogP contribution is 2.16. The zero-order valence-corrected chi connectivity index (χ0v) is 11.4. The molecule has 1 aromatic carbocycles. The molecule has 1 aliphatic heterocycles. The first-order valence-corrected chi connectivity index (χ1v) is 6.60. The normalized spacial score (nSPS) is 20.1. The second-order valence-corrected chi connectivity index (χ2v) is 4.87. The number of nitrogens with one attached hydrogen (secondary N) is 1. The van der Waals surface area contributed by atoms with Crippen molar-refractivity contribution in [2.24, 2.45) is 5.73 Å². The van der Waals surface area contributed by atoms with Crippen LogP contribution in [0.1, 0.15) is 24.5 Å². The summed E-state index contributed by atoms with van der Waals surface area (Å²) in [5, 5.41) is 2.33. The van der Waals surface area contributed by atoms with Crippen LogP contribution in [0.3, 0.4) is 0 Å². The average molecular weight is 279 g/mol. The Hall–Kier alpha value is -1.79. The average Bonchev–Trinajstić information content (AvgIpc) is 2.40. The van der Waals surface area contributed by atoms with E-state index in [0.717, 1.165) is 5.56 Å². The number of hydrogen-bond acceptors (Lipinski definition) is 4. The van der Waals surface area contributed by atoms with Crippen molar-refractivity contribution in [2.45, 2.75) is 32.5 Å². The molecule has 0 aromatic heterocycles. The first-order chi connectivity index (χ1) is 9.55. The van der Waals surface area contributed by atoms with Gasteiger partial charge in [0.05, 0.1) is 12.6 Å². The number of hydrogen-bond donors (Lipinski definition) is 2. The summed E-state index contributed by atoms with van der Waals surface area (Å²) in [6.45, 7) is 2.60. The number of carbonyl (C=O) groups excluding carboxylic acids is 2. The first kappa shape index (κ1) is 14.6. The Balaban J connectivity index is 2.18. The first-order valence-electron chi connectivity index (χ1n) is 6.60. The summed E-state index contributed by atoms with van der Waals surface area (Å²) >= 11 is 0. The van der Waals surface area contributed by atoms with Crippen molar-refractivity contribution in [1.29, 1.82) is 0 Å². The van der Waals surface area contributed by atoms with Gasteiger partial charge in [-0.25, -0.2) is 4.39 Å². The van der Waals surface area contributed by atoms with E-state index in [-0.39, 0.29) is 36.8 Å². The van der Waals surface area contributed by atoms with E-state index in [1.165, 1.54) is 6.07 Å². The van der Waals surface area contributed by atoms with Gasteiger partial charge >= 0.3 is 0 Å². The second kappa shape index (κ2) is 6.11. The topological polar surface area (TPSA) is 75.4 Å². The Morgan fingerprint density at radius 2 is 2.20 bits per heavy atom. The predicted octanol–water partition coefficient (Wildman–Crippen LogP) is 0.521. The maximum absolute atomic E-state index is 13.4. The van der Waals surface area contributed by atoms with Crippen molar-refractivity contribution < 1.29 is 14.0 Å². The number of rotatable bonds is 4. The second-order valence-electron chi connectivity index (χ2n) is 4.87. The number of piperazine rings is 1. The van der Waals surface area contributed by atoms with Crippen LogP contribution >= 0.6 is 0 Å². The van der Waals surface area contributed by atoms with Crippen LogP contribution in [-0.2, 0) is 22.7 Å². The van der Waals surface area contributed by atoms with E-state index in [1.807, 2.05) is 6.92 Å². The molecule has 1 atom stereocenters. The molecule has 20 heavy (non-hydrogen) atoms. The van der Waals surface area contributed by atoms with Crippen LogP contribution in [0.25, 0.3) is 0 Å². The third-order valence-electron chi connectivity index (χ3n) is 3.46. The van der Waals surface area contributed by atoms with Crippen LogP contribution < -0.4 is 11.1 Å². The molecule has 0 aliphatic carbocycles. The Labute approximate surface area is 116 Å². The van der Waals surface area contributed by atoms with E-state index in [9.17, 15) is 14.0 Å². The third-order valence-corrected chi connectivity index (χ3v) is 3.46. The van der Waals surface area contributed by atoms with Gasteiger partial charge in [0.2, 0.25) is 11.8 Å². The Bertz CT molecular complexity index is 533. The van der Waals surface area contributed by atoms with Crippen LogP contribution in [-0.4, -0.2) is 29.3 Å². The molecule has 3 N–H and O–H groups in total. The van der Waals surface area contributed by atoms with Crippen molar-refractivity contribution in [1.82, 2.24) is 10.2 Å². The summed E-state index contributed by atoms with van der Waals surface area (Å²) in [4.78, 5) is 25.0. The predicted molar refractivity (Wildman–Crippen MR) is 71.9 cm³/mol. The summed E-state index contributed by atoms with van der Waals surface area (Å²) in [7, 11) is 0. The number of amides is 2. The van der Waals surface area contributed by atoms with Gasteiger partial charge in [-0.1, -0.05) is 19.1 Å². The Kier molecular flexibility index (Phi) is 4.46. The molecule has 1 heterocycles. The highest BCUT2D eigenvalue weighted by atomic mass is 19.1. The van der Waals surface area contributed by atoms with Gasteiger partial charge < -0.3 is 5.73 Å². The van der Waals surface area contributed by atoms with Crippen LogP contribution in [0.2, 0.25) is 0 Å². The summed E-state index contributed by atoms with van der Waals surface area (Å²) in [5.74, 6) is -0.915. The summed E-state index contributed by atoms with van der Waals surface area (Å²) in [5.41, 5.74) is 6.75. The monoisotopic (exact) mass is 279 g/mol. The molecule has 0 saturated carbocycles. The molecule has 0 bridgehead atoms. The Morgan fingerprint density at radius 3 is 2.85 bits per heavy atom. The highest BCUT2D eigenvalue weighted by Gasteiger charge is 2.32. The number of nitrogens with two attached hydrogens (primary N) is 1. The molecule has 1 unspecified atom stereocenters. The van der Waals surface area contributed by atoms with E-state index in [4.69, 9.17) is 5.73 Å². The van der Waals surface area contributed by atoms with Crippen LogP contribution in [0, 0.1) is 5.82 Å². The van der Waals surface area contributed by atoms with Gasteiger partial charge in [-0.15, -0.1) is 0 Å². The third kappa shape index (κ3) is 3.02. The molecule has 1 aliphatic rings. The van der Waals surface area contributed by atoms with Crippen molar-refractivity contribution in [3.05, 3.63) is 35.1 Å². The smallest absolute Gasteiger partial charge is 0.243 e. The molecule has 2 amide bonds. The Morgan fingerprint density at radius 1 is 1.45 bits per heavy atom. The zero-order valence-electron chi connectivity index (χ0n) is 11.4. The lowest BCUT2D eigenvalue weighted by Gasteiger charge is -2.33. The van der Waals surface area contributed by atoms with Gasteiger partial charge in [0, 0.05) is 18.7 Å². The molecular weight excluding hydrogens is 261 g/mol. The fraction of sp³-hybridized carbons (Fsp3) is 0.429. The molecule has 0 radical (unpaired) electrons. The number of benzene rings is 1. The molecule has 1 fully saturated rings. The van der Waals surface area contributed by atoms with Gasteiger partial charge in [0.25, 0.3) is 0 Å². The number of halogens is 1. The van der Waals surface area contributed by atoms with Gasteiger partial charge in [-0.3, -0.25) is 19.8 Å². The summed E-state index contributed by atoms with van der Waals surface area (Å²) in [6, 6.07) is 4.36. The lowest BCUT2D eigenvalue weighted by molar-refractivity contribution is -0.140.